The number of hydrogen-bond donors (Lipinski definition) is 0. The minimum absolute atomic E-state index is 0.799. The number of rotatable bonds is 0. The molecule has 0 radical (unpaired) electrons. The van der Waals surface area contributed by atoms with Crippen molar-refractivity contribution in [2.45, 2.75) is 13.8 Å². The molecule has 0 aliphatic carbocycles. The largest absolute Gasteiger partial charge is 0.197 e. The Bertz CT molecular complexity index is 390. The molecule has 11 heavy (non-hydrogen) atoms. The molecule has 2 aromatic rings. The summed E-state index contributed by atoms with van der Waals surface area (Å²) in [6.07, 6.45) is 0. The van der Waals surface area contributed by atoms with Gasteiger partial charge in [-0.15, -0.1) is 10.2 Å². The van der Waals surface area contributed by atoms with Crippen LogP contribution in [0.3, 0.4) is 0 Å². The van der Waals surface area contributed by atoms with Crippen LogP contribution in [0.5, 0.6) is 0 Å². The van der Waals surface area contributed by atoms with Crippen molar-refractivity contribution in [2.75, 3.05) is 0 Å². The molecule has 0 amide bonds. The maximum atomic E-state index is 4.23. The second-order valence-electron chi connectivity index (χ2n) is 2.49. The minimum atomic E-state index is 0.799. The van der Waals surface area contributed by atoms with Crippen LogP contribution in [0.4, 0.5) is 0 Å². The van der Waals surface area contributed by atoms with E-state index in [2.05, 4.69) is 15.3 Å². The normalized spacial score (nSPS) is 10.7. The fourth-order valence-electron chi connectivity index (χ4n) is 0.988. The summed E-state index contributed by atoms with van der Waals surface area (Å²) >= 11 is 0. The highest BCUT2D eigenvalue weighted by Gasteiger charge is 1.99. The van der Waals surface area contributed by atoms with Crippen molar-refractivity contribution in [1.29, 1.82) is 0 Å². The third-order valence-electron chi connectivity index (χ3n) is 1.55. The first-order valence-corrected chi connectivity index (χ1v) is 3.43. The van der Waals surface area contributed by atoms with E-state index in [9.17, 15) is 0 Å². The molecule has 4 heteroatoms. The minimum Gasteiger partial charge on any atom is -0.197 e. The highest BCUT2D eigenvalue weighted by Crippen LogP contribution is 2.00. The molecule has 0 aliphatic rings. The van der Waals surface area contributed by atoms with Gasteiger partial charge in [-0.05, 0) is 26.0 Å². The first-order chi connectivity index (χ1) is 5.27. The second-order valence-corrected chi connectivity index (χ2v) is 2.49. The molecular weight excluding hydrogens is 140 g/mol. The van der Waals surface area contributed by atoms with Crippen LogP contribution in [-0.2, 0) is 0 Å². The summed E-state index contributed by atoms with van der Waals surface area (Å²) in [7, 11) is 0. The molecule has 0 unspecified atom stereocenters. The van der Waals surface area contributed by atoms with Crippen molar-refractivity contribution in [2.24, 2.45) is 0 Å². The zero-order valence-corrected chi connectivity index (χ0v) is 6.44. The van der Waals surface area contributed by atoms with Gasteiger partial charge in [0.2, 0.25) is 0 Å². The molecule has 2 aromatic heterocycles. The van der Waals surface area contributed by atoms with Crippen molar-refractivity contribution < 1.29 is 0 Å². The summed E-state index contributed by atoms with van der Waals surface area (Å²) in [6, 6.07) is 3.83. The van der Waals surface area contributed by atoms with Gasteiger partial charge in [0.25, 0.3) is 0 Å². The van der Waals surface area contributed by atoms with E-state index in [-0.39, 0.29) is 0 Å². The molecule has 0 N–H and O–H groups in total. The molecule has 0 bridgehead atoms. The molecule has 0 saturated carbocycles. The van der Waals surface area contributed by atoms with Gasteiger partial charge in [-0.1, -0.05) is 0 Å². The topological polar surface area (TPSA) is 43.1 Å². The monoisotopic (exact) mass is 148 g/mol. The fraction of sp³-hybridized carbons (Fsp3) is 0.286. The molecule has 0 aliphatic heterocycles. The summed E-state index contributed by atoms with van der Waals surface area (Å²) in [6.45, 7) is 3.82. The molecular formula is C7H8N4. The molecule has 56 valence electrons. The summed E-state index contributed by atoms with van der Waals surface area (Å²) in [5, 5.41) is 12.0. The van der Waals surface area contributed by atoms with Gasteiger partial charge in [0, 0.05) is 0 Å². The number of fused-ring (bicyclic) bond motifs is 1. The molecule has 2 heterocycles. The molecule has 0 aromatic carbocycles. The van der Waals surface area contributed by atoms with Crippen molar-refractivity contribution in [3.63, 3.8) is 0 Å². The highest BCUT2D eigenvalue weighted by molar-refractivity contribution is 5.35. The number of aryl methyl sites for hydroxylation is 2. The van der Waals surface area contributed by atoms with Gasteiger partial charge in [-0.2, -0.15) is 9.61 Å². The van der Waals surface area contributed by atoms with Crippen molar-refractivity contribution in [1.82, 2.24) is 19.8 Å². The van der Waals surface area contributed by atoms with E-state index in [4.69, 9.17) is 0 Å². The summed E-state index contributed by atoms with van der Waals surface area (Å²) < 4.78 is 1.73. The zero-order valence-electron chi connectivity index (χ0n) is 6.44. The van der Waals surface area contributed by atoms with Crippen LogP contribution in [0.15, 0.2) is 12.1 Å². The number of nitrogens with zero attached hydrogens (tertiary/aromatic N) is 4. The van der Waals surface area contributed by atoms with E-state index < -0.39 is 0 Å². The molecule has 2 rings (SSSR count). The van der Waals surface area contributed by atoms with Crippen LogP contribution >= 0.6 is 0 Å². The highest BCUT2D eigenvalue weighted by atomic mass is 15.4. The Labute approximate surface area is 63.9 Å². The third-order valence-corrected chi connectivity index (χ3v) is 1.55. The van der Waals surface area contributed by atoms with Crippen LogP contribution in [-0.4, -0.2) is 19.8 Å². The average molecular weight is 148 g/mol. The first kappa shape index (κ1) is 6.27. The quantitative estimate of drug-likeness (QED) is 0.553. The fourth-order valence-corrected chi connectivity index (χ4v) is 0.988. The predicted octanol–water partition coefficient (Wildman–Crippen LogP) is 0.741. The molecule has 0 saturated heterocycles. The molecule has 0 atom stereocenters. The Morgan fingerprint density at radius 3 is 2.82 bits per heavy atom. The van der Waals surface area contributed by atoms with Crippen LogP contribution in [0.25, 0.3) is 5.65 Å². The third kappa shape index (κ3) is 0.869. The molecule has 0 fully saturated rings. The van der Waals surface area contributed by atoms with Gasteiger partial charge in [0.05, 0.1) is 5.69 Å². The van der Waals surface area contributed by atoms with Crippen molar-refractivity contribution in [3.05, 3.63) is 23.7 Å². The maximum absolute atomic E-state index is 4.23. The number of hydrogen-bond acceptors (Lipinski definition) is 3. The summed E-state index contributed by atoms with van der Waals surface area (Å²) in [4.78, 5) is 0. The van der Waals surface area contributed by atoms with E-state index in [0.29, 0.717) is 0 Å². The Morgan fingerprint density at radius 1 is 1.18 bits per heavy atom. The standard InChI is InChI=1S/C7H8N4/c1-5-3-4-7-9-8-6(2)11(7)10-5/h3-4H,1-2H3. The molecule has 4 nitrogen and oxygen atoms in total. The average Bonchev–Trinajstić information content (AvgIpc) is 2.33. The van der Waals surface area contributed by atoms with E-state index >= 15 is 0 Å². The Balaban J connectivity index is 2.87. The first-order valence-electron chi connectivity index (χ1n) is 3.43. The summed E-state index contributed by atoms with van der Waals surface area (Å²) in [5.41, 5.74) is 1.77. The van der Waals surface area contributed by atoms with Gasteiger partial charge in [-0.3, -0.25) is 0 Å². The van der Waals surface area contributed by atoms with E-state index in [1.807, 2.05) is 26.0 Å². The van der Waals surface area contributed by atoms with Gasteiger partial charge in [-0.25, -0.2) is 0 Å². The van der Waals surface area contributed by atoms with Gasteiger partial charge in [0.15, 0.2) is 11.5 Å². The molecule has 0 spiro atoms. The maximum Gasteiger partial charge on any atom is 0.177 e. The van der Waals surface area contributed by atoms with Gasteiger partial charge < -0.3 is 0 Å². The Hall–Kier alpha value is -1.45. The van der Waals surface area contributed by atoms with E-state index in [0.717, 1.165) is 17.2 Å². The van der Waals surface area contributed by atoms with Crippen molar-refractivity contribution >= 4 is 5.65 Å². The number of aromatic nitrogens is 4. The van der Waals surface area contributed by atoms with E-state index in [1.165, 1.54) is 0 Å². The lowest BCUT2D eigenvalue weighted by atomic mass is 10.4. The lowest BCUT2D eigenvalue weighted by molar-refractivity contribution is 0.851. The SMILES string of the molecule is Cc1ccc2nnc(C)n2n1. The van der Waals surface area contributed by atoms with Crippen molar-refractivity contribution in [3.8, 4) is 0 Å². The lowest BCUT2D eigenvalue weighted by Crippen LogP contribution is -1.95. The van der Waals surface area contributed by atoms with E-state index in [1.54, 1.807) is 4.52 Å². The van der Waals surface area contributed by atoms with Gasteiger partial charge in [0.1, 0.15) is 0 Å². The zero-order chi connectivity index (χ0) is 7.84. The van der Waals surface area contributed by atoms with Gasteiger partial charge >= 0.3 is 0 Å². The Morgan fingerprint density at radius 2 is 2.00 bits per heavy atom. The smallest absolute Gasteiger partial charge is 0.177 e. The predicted molar refractivity (Wildman–Crippen MR) is 40.3 cm³/mol. The van der Waals surface area contributed by atoms with Crippen LogP contribution < -0.4 is 0 Å². The Kier molecular flexibility index (Phi) is 1.15. The van der Waals surface area contributed by atoms with Crippen LogP contribution in [0, 0.1) is 13.8 Å². The second kappa shape index (κ2) is 2.02. The summed E-state index contributed by atoms with van der Waals surface area (Å²) in [5.74, 6) is 0.823. The lowest BCUT2D eigenvalue weighted by Gasteiger charge is -1.93. The van der Waals surface area contributed by atoms with Crippen LogP contribution in [0.2, 0.25) is 0 Å². The van der Waals surface area contributed by atoms with Crippen LogP contribution in [0.1, 0.15) is 11.5 Å².